The lowest BCUT2D eigenvalue weighted by Gasteiger charge is -2.37. The van der Waals surface area contributed by atoms with Gasteiger partial charge in [-0.25, -0.2) is 14.8 Å². The molecule has 2 heterocycles. The Bertz CT molecular complexity index is 774. The smallest absolute Gasteiger partial charge is 0.321 e. The van der Waals surface area contributed by atoms with Crippen molar-refractivity contribution >= 4 is 17.5 Å². The molecule has 0 radical (unpaired) electrons. The Kier molecular flexibility index (Phi) is 6.11. The highest BCUT2D eigenvalue weighted by molar-refractivity contribution is 5.91. The summed E-state index contributed by atoms with van der Waals surface area (Å²) in [6, 6.07) is 9.79. The van der Waals surface area contributed by atoms with Gasteiger partial charge in [-0.15, -0.1) is 0 Å². The number of piperidine rings is 1. The number of carbonyl (C=O) groups excluding carboxylic acids is 1. The first-order valence-electron chi connectivity index (χ1n) is 9.37. The standard InChI is InChI=1S/C20H27N5O2/c1-4-27-18-8-6-5-7-17(18)23-20(26)25-11-9-16(10-12-25)24(3)19-13-15(2)21-14-22-19/h5-8,13-14,16H,4,9-12H2,1-3H3,(H,23,26). The van der Waals surface area contributed by atoms with Crippen LogP contribution in [0.4, 0.5) is 16.3 Å². The molecule has 7 heteroatoms. The molecule has 0 saturated carbocycles. The summed E-state index contributed by atoms with van der Waals surface area (Å²) in [5.74, 6) is 1.62. The van der Waals surface area contributed by atoms with Gasteiger partial charge in [0.15, 0.2) is 0 Å². The number of rotatable bonds is 5. The number of benzene rings is 1. The second kappa shape index (κ2) is 8.70. The van der Waals surface area contributed by atoms with Crippen LogP contribution in [-0.4, -0.2) is 53.7 Å². The van der Waals surface area contributed by atoms with Crippen LogP contribution in [0.5, 0.6) is 5.75 Å². The molecule has 27 heavy (non-hydrogen) atoms. The minimum Gasteiger partial charge on any atom is -0.492 e. The molecular formula is C20H27N5O2. The molecule has 0 aliphatic carbocycles. The minimum absolute atomic E-state index is 0.0823. The average molecular weight is 369 g/mol. The SMILES string of the molecule is CCOc1ccccc1NC(=O)N1CCC(N(C)c2cc(C)ncn2)CC1. The number of ether oxygens (including phenoxy) is 1. The van der Waals surface area contributed by atoms with Gasteiger partial charge in [0.2, 0.25) is 0 Å². The lowest BCUT2D eigenvalue weighted by molar-refractivity contribution is 0.194. The highest BCUT2D eigenvalue weighted by Gasteiger charge is 2.26. The van der Waals surface area contributed by atoms with E-state index in [1.165, 1.54) is 0 Å². The van der Waals surface area contributed by atoms with E-state index in [9.17, 15) is 4.79 Å². The van der Waals surface area contributed by atoms with E-state index in [4.69, 9.17) is 4.74 Å². The van der Waals surface area contributed by atoms with E-state index in [0.29, 0.717) is 37.2 Å². The molecule has 1 N–H and O–H groups in total. The number of carbonyl (C=O) groups is 1. The molecule has 144 valence electrons. The van der Waals surface area contributed by atoms with Gasteiger partial charge in [-0.05, 0) is 38.8 Å². The number of hydrogen-bond donors (Lipinski definition) is 1. The van der Waals surface area contributed by atoms with E-state index in [0.717, 1.165) is 24.4 Å². The Balaban J connectivity index is 1.56. The molecule has 1 aliphatic rings. The molecule has 1 aliphatic heterocycles. The van der Waals surface area contributed by atoms with Gasteiger partial charge in [0, 0.05) is 37.9 Å². The first-order chi connectivity index (χ1) is 13.1. The fraction of sp³-hybridized carbons (Fsp3) is 0.450. The normalized spacial score (nSPS) is 14.7. The zero-order valence-corrected chi connectivity index (χ0v) is 16.2. The fourth-order valence-corrected chi connectivity index (χ4v) is 3.32. The molecule has 2 aromatic rings. The van der Waals surface area contributed by atoms with Crippen molar-refractivity contribution in [2.45, 2.75) is 32.7 Å². The highest BCUT2D eigenvalue weighted by atomic mass is 16.5. The van der Waals surface area contributed by atoms with E-state index < -0.39 is 0 Å². The number of likely N-dealkylation sites (tertiary alicyclic amines) is 1. The summed E-state index contributed by atoms with van der Waals surface area (Å²) in [5, 5.41) is 2.98. The Morgan fingerprint density at radius 3 is 2.74 bits per heavy atom. The van der Waals surface area contributed by atoms with Crippen molar-refractivity contribution in [3.05, 3.63) is 42.4 Å². The van der Waals surface area contributed by atoms with E-state index in [2.05, 4.69) is 27.2 Å². The largest absolute Gasteiger partial charge is 0.492 e. The zero-order chi connectivity index (χ0) is 19.2. The maximum absolute atomic E-state index is 12.6. The van der Waals surface area contributed by atoms with Crippen LogP contribution < -0.4 is 15.0 Å². The van der Waals surface area contributed by atoms with Crippen LogP contribution in [0.2, 0.25) is 0 Å². The topological polar surface area (TPSA) is 70.6 Å². The number of hydrogen-bond acceptors (Lipinski definition) is 5. The van der Waals surface area contributed by atoms with Crippen molar-refractivity contribution in [1.29, 1.82) is 0 Å². The van der Waals surface area contributed by atoms with Crippen molar-refractivity contribution in [2.24, 2.45) is 0 Å². The Labute approximate surface area is 160 Å². The number of aromatic nitrogens is 2. The second-order valence-electron chi connectivity index (χ2n) is 6.71. The third-order valence-electron chi connectivity index (χ3n) is 4.88. The van der Waals surface area contributed by atoms with Gasteiger partial charge in [-0.1, -0.05) is 12.1 Å². The lowest BCUT2D eigenvalue weighted by Crippen LogP contribution is -2.47. The van der Waals surface area contributed by atoms with Crippen LogP contribution in [-0.2, 0) is 0 Å². The van der Waals surface area contributed by atoms with Crippen LogP contribution in [0.3, 0.4) is 0 Å². The third kappa shape index (κ3) is 4.67. The zero-order valence-electron chi connectivity index (χ0n) is 16.2. The lowest BCUT2D eigenvalue weighted by atomic mass is 10.0. The number of para-hydroxylation sites is 2. The first-order valence-corrected chi connectivity index (χ1v) is 9.37. The predicted octanol–water partition coefficient (Wildman–Crippen LogP) is 3.32. The molecular weight excluding hydrogens is 342 g/mol. The molecule has 1 saturated heterocycles. The predicted molar refractivity (Wildman–Crippen MR) is 106 cm³/mol. The van der Waals surface area contributed by atoms with Gasteiger partial charge in [-0.3, -0.25) is 0 Å². The van der Waals surface area contributed by atoms with E-state index >= 15 is 0 Å². The van der Waals surface area contributed by atoms with Gasteiger partial charge < -0.3 is 19.9 Å². The van der Waals surface area contributed by atoms with Crippen LogP contribution in [0.1, 0.15) is 25.5 Å². The number of anilines is 2. The molecule has 1 aromatic heterocycles. The summed E-state index contributed by atoms with van der Waals surface area (Å²) in [5.41, 5.74) is 1.66. The van der Waals surface area contributed by atoms with Crippen LogP contribution >= 0.6 is 0 Å². The Hall–Kier alpha value is -2.83. The summed E-state index contributed by atoms with van der Waals surface area (Å²) >= 11 is 0. The number of amides is 2. The molecule has 0 atom stereocenters. The van der Waals surface area contributed by atoms with Gasteiger partial charge >= 0.3 is 6.03 Å². The summed E-state index contributed by atoms with van der Waals surface area (Å²) in [6.45, 7) is 5.88. The number of aryl methyl sites for hydroxylation is 1. The molecule has 1 aromatic carbocycles. The van der Waals surface area contributed by atoms with Gasteiger partial charge in [0.25, 0.3) is 0 Å². The molecule has 1 fully saturated rings. The fourth-order valence-electron chi connectivity index (χ4n) is 3.32. The molecule has 0 unspecified atom stereocenters. The molecule has 0 bridgehead atoms. The summed E-state index contributed by atoms with van der Waals surface area (Å²) < 4.78 is 5.58. The van der Waals surface area contributed by atoms with Gasteiger partial charge in [0.05, 0.1) is 12.3 Å². The monoisotopic (exact) mass is 369 g/mol. The van der Waals surface area contributed by atoms with Crippen molar-refractivity contribution in [3.8, 4) is 5.75 Å². The van der Waals surface area contributed by atoms with Crippen molar-refractivity contribution < 1.29 is 9.53 Å². The Morgan fingerprint density at radius 1 is 1.30 bits per heavy atom. The number of urea groups is 1. The highest BCUT2D eigenvalue weighted by Crippen LogP contribution is 2.25. The molecule has 2 amide bonds. The summed E-state index contributed by atoms with van der Waals surface area (Å²) in [7, 11) is 2.06. The molecule has 7 nitrogen and oxygen atoms in total. The van der Waals surface area contributed by atoms with Crippen LogP contribution in [0.15, 0.2) is 36.7 Å². The van der Waals surface area contributed by atoms with Gasteiger partial charge in [-0.2, -0.15) is 0 Å². The summed E-state index contributed by atoms with van der Waals surface area (Å²) in [4.78, 5) is 25.2. The number of nitrogens with zero attached hydrogens (tertiary/aromatic N) is 4. The third-order valence-corrected chi connectivity index (χ3v) is 4.88. The minimum atomic E-state index is -0.0823. The Morgan fingerprint density at radius 2 is 2.04 bits per heavy atom. The molecule has 3 rings (SSSR count). The second-order valence-corrected chi connectivity index (χ2v) is 6.71. The summed E-state index contributed by atoms with van der Waals surface area (Å²) in [6.07, 6.45) is 3.40. The van der Waals surface area contributed by atoms with E-state index in [-0.39, 0.29) is 6.03 Å². The van der Waals surface area contributed by atoms with Gasteiger partial charge in [0.1, 0.15) is 17.9 Å². The maximum Gasteiger partial charge on any atom is 0.321 e. The van der Waals surface area contributed by atoms with Crippen molar-refractivity contribution in [1.82, 2.24) is 14.9 Å². The van der Waals surface area contributed by atoms with E-state index in [1.54, 1.807) is 6.33 Å². The van der Waals surface area contributed by atoms with E-state index in [1.807, 2.05) is 49.1 Å². The van der Waals surface area contributed by atoms with Crippen LogP contribution in [0, 0.1) is 6.92 Å². The average Bonchev–Trinajstić information content (AvgIpc) is 2.69. The number of nitrogens with one attached hydrogen (secondary N) is 1. The molecule has 0 spiro atoms. The first kappa shape index (κ1) is 18.9. The van der Waals surface area contributed by atoms with Crippen molar-refractivity contribution in [3.63, 3.8) is 0 Å². The van der Waals surface area contributed by atoms with Crippen molar-refractivity contribution in [2.75, 3.05) is 37.0 Å². The van der Waals surface area contributed by atoms with Crippen LogP contribution in [0.25, 0.3) is 0 Å². The quantitative estimate of drug-likeness (QED) is 0.875. The maximum atomic E-state index is 12.6.